The van der Waals surface area contributed by atoms with Crippen molar-refractivity contribution in [3.8, 4) is 0 Å². The summed E-state index contributed by atoms with van der Waals surface area (Å²) in [7, 11) is 0. The molecule has 6 heteroatoms. The summed E-state index contributed by atoms with van der Waals surface area (Å²) >= 11 is 0. The Labute approximate surface area is 91.7 Å². The maximum Gasteiger partial charge on any atom is 0.309 e. The number of fused-ring (bicyclic) bond motifs is 1. The Balaban J connectivity index is 2.30. The van der Waals surface area contributed by atoms with Crippen molar-refractivity contribution in [1.82, 2.24) is 20.4 Å². The molecule has 16 heavy (non-hydrogen) atoms. The van der Waals surface area contributed by atoms with Gasteiger partial charge in [-0.25, -0.2) is 4.98 Å². The fourth-order valence-electron chi connectivity index (χ4n) is 1.46. The minimum Gasteiger partial charge on any atom is -0.481 e. The van der Waals surface area contributed by atoms with Gasteiger partial charge in [-0.2, -0.15) is 10.3 Å². The fourth-order valence-corrected chi connectivity index (χ4v) is 1.46. The van der Waals surface area contributed by atoms with E-state index in [-0.39, 0.29) is 0 Å². The van der Waals surface area contributed by atoms with Crippen molar-refractivity contribution in [2.24, 2.45) is 5.41 Å². The first-order valence-corrected chi connectivity index (χ1v) is 4.88. The van der Waals surface area contributed by atoms with Gasteiger partial charge in [-0.05, 0) is 31.9 Å². The van der Waals surface area contributed by atoms with E-state index < -0.39 is 11.4 Å². The standard InChI is InChI=1S/C10H12N4O2/c1-10(2,9(15)16)4-6-3-7-8(11-5-6)13-14-12-7/h3,5H,4H2,1-2H3,(H,15,16)(H,11,12,13,14). The van der Waals surface area contributed by atoms with E-state index in [4.69, 9.17) is 5.11 Å². The average Bonchev–Trinajstić information content (AvgIpc) is 2.63. The second-order valence-electron chi connectivity index (χ2n) is 4.38. The van der Waals surface area contributed by atoms with Gasteiger partial charge in [0.05, 0.1) is 5.41 Å². The van der Waals surface area contributed by atoms with Crippen molar-refractivity contribution in [2.45, 2.75) is 20.3 Å². The molecule has 0 amide bonds. The van der Waals surface area contributed by atoms with Crippen LogP contribution in [0.25, 0.3) is 11.2 Å². The van der Waals surface area contributed by atoms with Gasteiger partial charge in [-0.3, -0.25) is 4.79 Å². The van der Waals surface area contributed by atoms with Crippen molar-refractivity contribution in [3.05, 3.63) is 17.8 Å². The Morgan fingerprint density at radius 1 is 1.50 bits per heavy atom. The number of aromatic amines is 1. The van der Waals surface area contributed by atoms with E-state index in [9.17, 15) is 4.79 Å². The number of nitrogens with one attached hydrogen (secondary N) is 1. The first kappa shape index (κ1) is 10.5. The number of carboxylic acid groups (broad SMARTS) is 1. The summed E-state index contributed by atoms with van der Waals surface area (Å²) in [4.78, 5) is 15.1. The molecule has 0 atom stereocenters. The molecule has 0 saturated carbocycles. The molecule has 2 N–H and O–H groups in total. The Morgan fingerprint density at radius 2 is 2.25 bits per heavy atom. The Morgan fingerprint density at radius 3 is 2.94 bits per heavy atom. The molecule has 0 unspecified atom stereocenters. The monoisotopic (exact) mass is 220 g/mol. The third kappa shape index (κ3) is 1.86. The highest BCUT2D eigenvalue weighted by atomic mass is 16.4. The molecule has 0 bridgehead atoms. The van der Waals surface area contributed by atoms with Crippen LogP contribution < -0.4 is 0 Å². The largest absolute Gasteiger partial charge is 0.481 e. The molecule has 2 aromatic heterocycles. The van der Waals surface area contributed by atoms with E-state index in [0.29, 0.717) is 17.6 Å². The van der Waals surface area contributed by atoms with Crippen LogP contribution in [0.3, 0.4) is 0 Å². The molecular formula is C10H12N4O2. The first-order chi connectivity index (χ1) is 7.49. The van der Waals surface area contributed by atoms with E-state index in [1.165, 1.54) is 0 Å². The van der Waals surface area contributed by atoms with Crippen LogP contribution in [0.4, 0.5) is 0 Å². The summed E-state index contributed by atoms with van der Waals surface area (Å²) in [5.41, 5.74) is 1.23. The molecule has 0 aromatic carbocycles. The lowest BCUT2D eigenvalue weighted by Crippen LogP contribution is -2.26. The molecule has 6 nitrogen and oxygen atoms in total. The van der Waals surface area contributed by atoms with E-state index >= 15 is 0 Å². The molecule has 0 saturated heterocycles. The highest BCUT2D eigenvalue weighted by molar-refractivity contribution is 5.74. The maximum absolute atomic E-state index is 11.0. The van der Waals surface area contributed by atoms with Gasteiger partial charge in [0.25, 0.3) is 0 Å². The number of nitrogens with zero attached hydrogens (tertiary/aromatic N) is 3. The molecule has 84 valence electrons. The number of hydrogen-bond acceptors (Lipinski definition) is 4. The number of aromatic nitrogens is 4. The number of aliphatic carboxylic acids is 1. The predicted molar refractivity (Wildman–Crippen MR) is 56.8 cm³/mol. The van der Waals surface area contributed by atoms with Crippen LogP contribution >= 0.6 is 0 Å². The van der Waals surface area contributed by atoms with Crippen LogP contribution in [0, 0.1) is 5.41 Å². The third-order valence-corrected chi connectivity index (χ3v) is 2.46. The third-order valence-electron chi connectivity index (χ3n) is 2.46. The summed E-state index contributed by atoms with van der Waals surface area (Å²) in [6, 6.07) is 1.80. The molecule has 0 aliphatic rings. The van der Waals surface area contributed by atoms with Crippen LogP contribution in [-0.4, -0.2) is 31.5 Å². The minimum atomic E-state index is -0.826. The molecule has 2 heterocycles. The summed E-state index contributed by atoms with van der Waals surface area (Å²) in [5.74, 6) is -0.826. The number of rotatable bonds is 3. The van der Waals surface area contributed by atoms with Crippen LogP contribution in [0.5, 0.6) is 0 Å². The SMILES string of the molecule is CC(C)(Cc1cnc2n[nH]nc2c1)C(=O)O. The average molecular weight is 220 g/mol. The van der Waals surface area contributed by atoms with Crippen molar-refractivity contribution in [1.29, 1.82) is 0 Å². The highest BCUT2D eigenvalue weighted by Gasteiger charge is 2.27. The zero-order valence-corrected chi connectivity index (χ0v) is 9.06. The maximum atomic E-state index is 11.0. The number of hydrogen-bond donors (Lipinski definition) is 2. The molecule has 2 rings (SSSR count). The quantitative estimate of drug-likeness (QED) is 0.805. The van der Waals surface area contributed by atoms with Gasteiger partial charge < -0.3 is 5.11 Å². The molecule has 0 aliphatic carbocycles. The predicted octanol–water partition coefficient (Wildman–Crippen LogP) is 1.01. The zero-order valence-electron chi connectivity index (χ0n) is 9.06. The summed E-state index contributed by atoms with van der Waals surface area (Å²) in [5, 5.41) is 19.2. The molecule has 0 fully saturated rings. The molecule has 0 spiro atoms. The highest BCUT2D eigenvalue weighted by Crippen LogP contribution is 2.22. The minimum absolute atomic E-state index is 0.415. The van der Waals surface area contributed by atoms with E-state index in [1.54, 1.807) is 26.1 Å². The molecule has 2 aromatic rings. The normalized spacial score (nSPS) is 11.9. The number of carbonyl (C=O) groups is 1. The van der Waals surface area contributed by atoms with Crippen LogP contribution in [0.15, 0.2) is 12.3 Å². The second kappa shape index (κ2) is 3.55. The van der Waals surface area contributed by atoms with Crippen LogP contribution in [0.1, 0.15) is 19.4 Å². The van der Waals surface area contributed by atoms with Gasteiger partial charge in [0.2, 0.25) is 5.65 Å². The summed E-state index contributed by atoms with van der Waals surface area (Å²) < 4.78 is 0. The van der Waals surface area contributed by atoms with E-state index in [2.05, 4.69) is 20.4 Å². The van der Waals surface area contributed by atoms with Gasteiger partial charge in [-0.1, -0.05) is 0 Å². The number of carboxylic acids is 1. The summed E-state index contributed by atoms with van der Waals surface area (Å²) in [6.45, 7) is 3.37. The first-order valence-electron chi connectivity index (χ1n) is 4.88. The Bertz CT molecular complexity index is 532. The van der Waals surface area contributed by atoms with E-state index in [1.807, 2.05) is 0 Å². The van der Waals surface area contributed by atoms with Gasteiger partial charge in [0.1, 0.15) is 5.52 Å². The van der Waals surface area contributed by atoms with Crippen LogP contribution in [0.2, 0.25) is 0 Å². The van der Waals surface area contributed by atoms with Crippen molar-refractivity contribution in [2.75, 3.05) is 0 Å². The lowest BCUT2D eigenvalue weighted by atomic mass is 9.86. The molecular weight excluding hydrogens is 208 g/mol. The smallest absolute Gasteiger partial charge is 0.309 e. The van der Waals surface area contributed by atoms with Crippen molar-refractivity contribution in [3.63, 3.8) is 0 Å². The molecule has 0 radical (unpaired) electrons. The van der Waals surface area contributed by atoms with Gasteiger partial charge >= 0.3 is 5.97 Å². The van der Waals surface area contributed by atoms with E-state index in [0.717, 1.165) is 5.56 Å². The molecule has 0 aliphatic heterocycles. The summed E-state index contributed by atoms with van der Waals surface area (Å²) in [6.07, 6.45) is 2.05. The Hall–Kier alpha value is -1.98. The lowest BCUT2D eigenvalue weighted by Gasteiger charge is -2.18. The van der Waals surface area contributed by atoms with Gasteiger partial charge in [0.15, 0.2) is 0 Å². The van der Waals surface area contributed by atoms with Crippen LogP contribution in [-0.2, 0) is 11.2 Å². The van der Waals surface area contributed by atoms with Crippen molar-refractivity contribution >= 4 is 17.1 Å². The number of pyridine rings is 1. The zero-order chi connectivity index (χ0) is 11.8. The lowest BCUT2D eigenvalue weighted by molar-refractivity contribution is -0.146. The van der Waals surface area contributed by atoms with Crippen molar-refractivity contribution < 1.29 is 9.90 Å². The number of H-pyrrole nitrogens is 1. The Kier molecular flexibility index (Phi) is 2.34. The second-order valence-corrected chi connectivity index (χ2v) is 4.38. The van der Waals surface area contributed by atoms with Gasteiger partial charge in [-0.15, -0.1) is 5.10 Å². The topological polar surface area (TPSA) is 91.8 Å². The fraction of sp³-hybridized carbons (Fsp3) is 0.400. The van der Waals surface area contributed by atoms with Gasteiger partial charge in [0, 0.05) is 6.20 Å².